The molecule has 0 amide bonds. The fraction of sp³-hybridized carbons (Fsp3) is 0.438. The molecule has 1 atom stereocenters. The van der Waals surface area contributed by atoms with Crippen molar-refractivity contribution < 1.29 is 0 Å². The van der Waals surface area contributed by atoms with Gasteiger partial charge in [0.2, 0.25) is 0 Å². The maximum atomic E-state index is 6.29. The first kappa shape index (κ1) is 15.1. The third kappa shape index (κ3) is 3.62. The van der Waals surface area contributed by atoms with Gasteiger partial charge in [-0.2, -0.15) is 5.10 Å². The molecule has 0 bridgehead atoms. The number of aryl methyl sites for hydroxylation is 1. The molecule has 2 rings (SSSR count). The summed E-state index contributed by atoms with van der Waals surface area (Å²) in [6, 6.07) is 10.6. The quantitative estimate of drug-likeness (QED) is 0.846. The average molecular weight is 292 g/mol. The summed E-state index contributed by atoms with van der Waals surface area (Å²) in [4.78, 5) is 0. The van der Waals surface area contributed by atoms with Crippen LogP contribution < -0.4 is 5.32 Å². The van der Waals surface area contributed by atoms with Crippen LogP contribution in [0.3, 0.4) is 0 Å². The van der Waals surface area contributed by atoms with Crippen LogP contribution in [0.1, 0.15) is 31.0 Å². The number of likely N-dealkylation sites (N-methyl/N-ethyl adjacent to an activating group) is 1. The second-order valence-electron chi connectivity index (χ2n) is 4.87. The number of hydrogen-bond acceptors (Lipinski definition) is 2. The Morgan fingerprint density at radius 2 is 2.00 bits per heavy atom. The molecule has 0 saturated carbocycles. The molecule has 0 aliphatic carbocycles. The lowest BCUT2D eigenvalue weighted by Crippen LogP contribution is -2.23. The molecule has 2 aromatic rings. The van der Waals surface area contributed by atoms with Crippen LogP contribution in [0.25, 0.3) is 0 Å². The Bertz CT molecular complexity index is 522. The van der Waals surface area contributed by atoms with Crippen LogP contribution in [0.5, 0.6) is 0 Å². The zero-order chi connectivity index (χ0) is 14.4. The minimum Gasteiger partial charge on any atom is -0.316 e. The summed E-state index contributed by atoms with van der Waals surface area (Å²) in [5.41, 5.74) is 2.47. The Balaban J connectivity index is 2.21. The van der Waals surface area contributed by atoms with Gasteiger partial charge in [0.15, 0.2) is 0 Å². The standard InChI is InChI=1S/C16H22ClN3/c1-3-18-11-14(13-8-6-5-7-9-13)10-16-15(17)12-19-20(16)4-2/h5-9,12,14,18H,3-4,10-11H2,1-2H3. The van der Waals surface area contributed by atoms with E-state index < -0.39 is 0 Å². The number of nitrogens with one attached hydrogen (secondary N) is 1. The molecule has 108 valence electrons. The highest BCUT2D eigenvalue weighted by molar-refractivity contribution is 6.31. The maximum Gasteiger partial charge on any atom is 0.0818 e. The Kier molecular flexibility index (Phi) is 5.62. The maximum absolute atomic E-state index is 6.29. The molecule has 0 aliphatic rings. The molecule has 1 aromatic heterocycles. The van der Waals surface area contributed by atoms with Gasteiger partial charge in [0, 0.05) is 19.0 Å². The fourth-order valence-electron chi connectivity index (χ4n) is 2.45. The van der Waals surface area contributed by atoms with Crippen molar-refractivity contribution in [2.45, 2.75) is 32.7 Å². The first-order valence-corrected chi connectivity index (χ1v) is 7.59. The predicted octanol–water partition coefficient (Wildman–Crippen LogP) is 3.49. The number of halogens is 1. The molecule has 3 nitrogen and oxygen atoms in total. The lowest BCUT2D eigenvalue weighted by Gasteiger charge is -2.18. The van der Waals surface area contributed by atoms with Crippen LogP contribution in [0.15, 0.2) is 36.5 Å². The van der Waals surface area contributed by atoms with E-state index in [0.717, 1.165) is 36.8 Å². The van der Waals surface area contributed by atoms with Crippen molar-refractivity contribution in [2.75, 3.05) is 13.1 Å². The molecule has 20 heavy (non-hydrogen) atoms. The molecular weight excluding hydrogens is 270 g/mol. The fourth-order valence-corrected chi connectivity index (χ4v) is 2.67. The monoisotopic (exact) mass is 291 g/mol. The highest BCUT2D eigenvalue weighted by Gasteiger charge is 2.17. The van der Waals surface area contributed by atoms with Gasteiger partial charge < -0.3 is 5.32 Å². The summed E-state index contributed by atoms with van der Waals surface area (Å²) in [5, 5.41) is 8.54. The van der Waals surface area contributed by atoms with Gasteiger partial charge in [0.25, 0.3) is 0 Å². The van der Waals surface area contributed by atoms with E-state index in [1.54, 1.807) is 6.20 Å². The van der Waals surface area contributed by atoms with Gasteiger partial charge >= 0.3 is 0 Å². The van der Waals surface area contributed by atoms with Crippen LogP contribution >= 0.6 is 11.6 Å². The van der Waals surface area contributed by atoms with Gasteiger partial charge in [-0.3, -0.25) is 4.68 Å². The summed E-state index contributed by atoms with van der Waals surface area (Å²) < 4.78 is 1.99. The van der Waals surface area contributed by atoms with Gasteiger partial charge in [-0.25, -0.2) is 0 Å². The SMILES string of the molecule is CCNCC(Cc1c(Cl)cnn1CC)c1ccccc1. The first-order valence-electron chi connectivity index (χ1n) is 7.22. The summed E-state index contributed by atoms with van der Waals surface area (Å²) in [6.07, 6.45) is 2.65. The van der Waals surface area contributed by atoms with Crippen molar-refractivity contribution in [3.8, 4) is 0 Å². The molecule has 0 fully saturated rings. The second kappa shape index (κ2) is 7.46. The summed E-state index contributed by atoms with van der Waals surface area (Å²) in [6.45, 7) is 7.00. The van der Waals surface area contributed by atoms with E-state index in [9.17, 15) is 0 Å². The van der Waals surface area contributed by atoms with E-state index in [2.05, 4.69) is 54.6 Å². The van der Waals surface area contributed by atoms with Crippen LogP contribution in [0, 0.1) is 0 Å². The molecule has 0 spiro atoms. The number of rotatable bonds is 7. The van der Waals surface area contributed by atoms with E-state index in [-0.39, 0.29) is 0 Å². The smallest absolute Gasteiger partial charge is 0.0818 e. The summed E-state index contributed by atoms with van der Waals surface area (Å²) in [5.74, 6) is 0.413. The van der Waals surface area contributed by atoms with E-state index in [0.29, 0.717) is 5.92 Å². The van der Waals surface area contributed by atoms with Crippen LogP contribution in [0.4, 0.5) is 0 Å². The number of hydrogen-bond donors (Lipinski definition) is 1. The molecule has 0 aliphatic heterocycles. The van der Waals surface area contributed by atoms with Crippen LogP contribution in [-0.4, -0.2) is 22.9 Å². The zero-order valence-electron chi connectivity index (χ0n) is 12.1. The van der Waals surface area contributed by atoms with Gasteiger partial charge in [0.05, 0.1) is 16.9 Å². The molecule has 4 heteroatoms. The third-order valence-electron chi connectivity index (χ3n) is 3.55. The largest absolute Gasteiger partial charge is 0.316 e. The Hall–Kier alpha value is -1.32. The van der Waals surface area contributed by atoms with Gasteiger partial charge in [-0.1, -0.05) is 48.9 Å². The van der Waals surface area contributed by atoms with Gasteiger partial charge in [-0.05, 0) is 25.5 Å². The van der Waals surface area contributed by atoms with E-state index in [1.807, 2.05) is 4.68 Å². The predicted molar refractivity (Wildman–Crippen MR) is 84.3 cm³/mol. The van der Waals surface area contributed by atoms with E-state index in [4.69, 9.17) is 11.6 Å². The van der Waals surface area contributed by atoms with Crippen molar-refractivity contribution in [2.24, 2.45) is 0 Å². The van der Waals surface area contributed by atoms with Crippen molar-refractivity contribution in [1.29, 1.82) is 0 Å². The second-order valence-corrected chi connectivity index (χ2v) is 5.28. The lowest BCUT2D eigenvalue weighted by atomic mass is 9.94. The van der Waals surface area contributed by atoms with E-state index in [1.165, 1.54) is 5.56 Å². The van der Waals surface area contributed by atoms with Crippen molar-refractivity contribution in [3.05, 3.63) is 52.8 Å². The zero-order valence-corrected chi connectivity index (χ0v) is 12.9. The molecule has 0 radical (unpaired) electrons. The van der Waals surface area contributed by atoms with Crippen molar-refractivity contribution >= 4 is 11.6 Å². The van der Waals surface area contributed by atoms with E-state index >= 15 is 0 Å². The normalized spacial score (nSPS) is 12.6. The van der Waals surface area contributed by atoms with Crippen molar-refractivity contribution in [3.63, 3.8) is 0 Å². The first-order chi connectivity index (χ1) is 9.76. The molecule has 0 saturated heterocycles. The number of aromatic nitrogens is 2. The molecule has 1 heterocycles. The summed E-state index contributed by atoms with van der Waals surface area (Å²) >= 11 is 6.29. The van der Waals surface area contributed by atoms with Crippen LogP contribution in [0.2, 0.25) is 5.02 Å². The van der Waals surface area contributed by atoms with Crippen LogP contribution in [-0.2, 0) is 13.0 Å². The Labute approximate surface area is 126 Å². The van der Waals surface area contributed by atoms with Gasteiger partial charge in [-0.15, -0.1) is 0 Å². The number of benzene rings is 1. The average Bonchev–Trinajstić information content (AvgIpc) is 2.84. The molecule has 1 aromatic carbocycles. The highest BCUT2D eigenvalue weighted by atomic mass is 35.5. The van der Waals surface area contributed by atoms with Gasteiger partial charge in [0.1, 0.15) is 0 Å². The Morgan fingerprint density at radius 1 is 1.25 bits per heavy atom. The lowest BCUT2D eigenvalue weighted by molar-refractivity contribution is 0.552. The molecule has 1 unspecified atom stereocenters. The Morgan fingerprint density at radius 3 is 2.65 bits per heavy atom. The number of nitrogens with zero attached hydrogens (tertiary/aromatic N) is 2. The minimum atomic E-state index is 0.413. The van der Waals surface area contributed by atoms with Crippen molar-refractivity contribution in [1.82, 2.24) is 15.1 Å². The molecular formula is C16H22ClN3. The minimum absolute atomic E-state index is 0.413. The molecule has 1 N–H and O–H groups in total. The highest BCUT2D eigenvalue weighted by Crippen LogP contribution is 2.25. The topological polar surface area (TPSA) is 29.9 Å². The summed E-state index contributed by atoms with van der Waals surface area (Å²) in [7, 11) is 0. The third-order valence-corrected chi connectivity index (χ3v) is 3.86.